The molecule has 0 N–H and O–H groups in total. The number of carbonyl (C=O) groups is 1. The molecule has 1 aromatic carbocycles. The van der Waals surface area contributed by atoms with Crippen LogP contribution in [0.15, 0.2) is 12.1 Å². The summed E-state index contributed by atoms with van der Waals surface area (Å²) < 4.78 is 0. The Bertz CT molecular complexity index is 470. The van der Waals surface area contributed by atoms with E-state index in [1.165, 1.54) is 0 Å². The predicted molar refractivity (Wildman–Crippen MR) is 76.6 cm³/mol. The molecule has 0 aromatic heterocycles. The molecule has 3 heteroatoms. The first-order valence-electron chi connectivity index (χ1n) is 6.41. The maximum atomic E-state index is 12.1. The summed E-state index contributed by atoms with van der Waals surface area (Å²) in [6.07, 6.45) is 1.58. The minimum Gasteiger partial charge on any atom is -0.358 e. The number of hydrogen-bond donors (Lipinski definition) is 0. The lowest BCUT2D eigenvalue weighted by Gasteiger charge is -2.43. The van der Waals surface area contributed by atoms with Gasteiger partial charge in [-0.3, -0.25) is 4.79 Å². The van der Waals surface area contributed by atoms with E-state index in [2.05, 4.69) is 17.9 Å². The number of halogens is 1. The lowest BCUT2D eigenvalue weighted by atomic mass is 9.87. The Balaban J connectivity index is 2.51. The zero-order valence-corrected chi connectivity index (χ0v) is 12.3. The van der Waals surface area contributed by atoms with Gasteiger partial charge in [0.05, 0.1) is 16.2 Å². The highest BCUT2D eigenvalue weighted by Gasteiger charge is 2.38. The summed E-state index contributed by atoms with van der Waals surface area (Å²) in [6.45, 7) is 8.97. The van der Waals surface area contributed by atoms with E-state index in [1.54, 1.807) is 0 Å². The average Bonchev–Trinajstić information content (AvgIpc) is 2.23. The van der Waals surface area contributed by atoms with Crippen molar-refractivity contribution >= 4 is 23.1 Å². The van der Waals surface area contributed by atoms with Crippen molar-refractivity contribution in [2.75, 3.05) is 11.4 Å². The van der Waals surface area contributed by atoms with E-state index in [4.69, 9.17) is 11.6 Å². The van der Waals surface area contributed by atoms with Crippen molar-refractivity contribution < 1.29 is 4.79 Å². The monoisotopic (exact) mass is 265 g/mol. The molecule has 18 heavy (non-hydrogen) atoms. The van der Waals surface area contributed by atoms with Gasteiger partial charge in [-0.1, -0.05) is 17.7 Å². The van der Waals surface area contributed by atoms with Gasteiger partial charge in [0.15, 0.2) is 5.78 Å². The van der Waals surface area contributed by atoms with Gasteiger partial charge >= 0.3 is 0 Å². The van der Waals surface area contributed by atoms with Gasteiger partial charge in [0.25, 0.3) is 0 Å². The van der Waals surface area contributed by atoms with Crippen LogP contribution in [-0.2, 0) is 4.79 Å². The maximum absolute atomic E-state index is 12.1. The first-order chi connectivity index (χ1) is 8.34. The van der Waals surface area contributed by atoms with Gasteiger partial charge < -0.3 is 4.90 Å². The van der Waals surface area contributed by atoms with E-state index >= 15 is 0 Å². The fourth-order valence-electron chi connectivity index (χ4n) is 2.77. The topological polar surface area (TPSA) is 20.3 Å². The minimum absolute atomic E-state index is 0.296. The van der Waals surface area contributed by atoms with Crippen LogP contribution in [0.1, 0.15) is 37.8 Å². The van der Waals surface area contributed by atoms with Crippen molar-refractivity contribution in [3.8, 4) is 0 Å². The molecule has 0 saturated carbocycles. The van der Waals surface area contributed by atoms with Crippen LogP contribution >= 0.6 is 11.6 Å². The van der Waals surface area contributed by atoms with E-state index in [-0.39, 0.29) is 0 Å². The molecular weight excluding hydrogens is 246 g/mol. The molecule has 0 atom stereocenters. The molecular formula is C15H20ClNO. The normalized spacial score (nSPS) is 19.2. The number of piperidine rings is 1. The quantitative estimate of drug-likeness (QED) is 0.767. The van der Waals surface area contributed by atoms with Crippen molar-refractivity contribution in [1.29, 1.82) is 0 Å². The van der Waals surface area contributed by atoms with Crippen molar-refractivity contribution in [3.05, 3.63) is 28.3 Å². The number of anilines is 1. The highest BCUT2D eigenvalue weighted by atomic mass is 35.5. The SMILES string of the molecule is Cc1cc(C)c(N2CCCC(=O)C2(C)C)c(Cl)c1. The molecule has 0 spiro atoms. The zero-order valence-electron chi connectivity index (χ0n) is 11.5. The number of rotatable bonds is 1. The summed E-state index contributed by atoms with van der Waals surface area (Å²) in [5, 5.41) is 0.746. The third-order valence-corrected chi connectivity index (χ3v) is 4.10. The fraction of sp³-hybridized carbons (Fsp3) is 0.533. The van der Waals surface area contributed by atoms with E-state index in [0.717, 1.165) is 34.8 Å². The number of nitrogens with zero attached hydrogens (tertiary/aromatic N) is 1. The number of carbonyl (C=O) groups excluding carboxylic acids is 1. The van der Waals surface area contributed by atoms with Gasteiger partial charge in [0.1, 0.15) is 0 Å². The van der Waals surface area contributed by atoms with Gasteiger partial charge in [-0.15, -0.1) is 0 Å². The predicted octanol–water partition coefficient (Wildman–Crippen LogP) is 3.90. The Labute approximate surface area is 114 Å². The van der Waals surface area contributed by atoms with Crippen molar-refractivity contribution in [3.63, 3.8) is 0 Å². The summed E-state index contributed by atoms with van der Waals surface area (Å²) in [5.41, 5.74) is 2.85. The molecule has 1 aromatic rings. The third-order valence-electron chi connectivity index (χ3n) is 3.81. The molecule has 98 valence electrons. The van der Waals surface area contributed by atoms with Gasteiger partial charge in [0, 0.05) is 13.0 Å². The molecule has 0 amide bonds. The van der Waals surface area contributed by atoms with Crippen molar-refractivity contribution in [1.82, 2.24) is 0 Å². The molecule has 1 aliphatic rings. The molecule has 1 aliphatic heterocycles. The standard InChI is InChI=1S/C15H20ClNO/c1-10-8-11(2)14(12(16)9-10)17-7-5-6-13(18)15(17,3)4/h8-9H,5-7H2,1-4H3. The second-order valence-corrected chi connectivity index (χ2v) is 6.06. The van der Waals surface area contributed by atoms with Gasteiger partial charge in [0.2, 0.25) is 0 Å². The number of aryl methyl sites for hydroxylation is 2. The van der Waals surface area contributed by atoms with Gasteiger partial charge in [-0.25, -0.2) is 0 Å². The fourth-order valence-corrected chi connectivity index (χ4v) is 3.20. The Hall–Kier alpha value is -1.02. The van der Waals surface area contributed by atoms with Crippen LogP contribution in [0, 0.1) is 13.8 Å². The van der Waals surface area contributed by atoms with Crippen LogP contribution < -0.4 is 4.90 Å². The average molecular weight is 266 g/mol. The summed E-state index contributed by atoms with van der Waals surface area (Å²) in [6, 6.07) is 4.09. The summed E-state index contributed by atoms with van der Waals surface area (Å²) in [7, 11) is 0. The Morgan fingerprint density at radius 3 is 2.56 bits per heavy atom. The van der Waals surface area contributed by atoms with E-state index in [1.807, 2.05) is 26.8 Å². The number of hydrogen-bond acceptors (Lipinski definition) is 2. The van der Waals surface area contributed by atoms with E-state index in [0.29, 0.717) is 12.2 Å². The number of Topliss-reactive ketones (excluding diaryl/α,β-unsaturated/α-hetero) is 1. The van der Waals surface area contributed by atoms with Crippen LogP contribution in [0.5, 0.6) is 0 Å². The molecule has 0 radical (unpaired) electrons. The largest absolute Gasteiger partial charge is 0.358 e. The molecule has 2 rings (SSSR count). The zero-order chi connectivity index (χ0) is 13.5. The highest BCUT2D eigenvalue weighted by Crippen LogP contribution is 2.37. The second-order valence-electron chi connectivity index (χ2n) is 5.65. The molecule has 1 heterocycles. The lowest BCUT2D eigenvalue weighted by Crippen LogP contribution is -2.54. The van der Waals surface area contributed by atoms with Gasteiger partial charge in [-0.05, 0) is 51.3 Å². The maximum Gasteiger partial charge on any atom is 0.157 e. The molecule has 0 bridgehead atoms. The van der Waals surface area contributed by atoms with Crippen LogP contribution in [0.4, 0.5) is 5.69 Å². The lowest BCUT2D eigenvalue weighted by molar-refractivity contribution is -0.124. The van der Waals surface area contributed by atoms with E-state index < -0.39 is 5.54 Å². The summed E-state index contributed by atoms with van der Waals surface area (Å²) in [5.74, 6) is 0.296. The third kappa shape index (κ3) is 2.14. The van der Waals surface area contributed by atoms with Crippen LogP contribution in [0.25, 0.3) is 0 Å². The first-order valence-corrected chi connectivity index (χ1v) is 6.79. The Morgan fingerprint density at radius 1 is 1.28 bits per heavy atom. The molecule has 1 fully saturated rings. The van der Waals surface area contributed by atoms with Gasteiger partial charge in [-0.2, -0.15) is 0 Å². The molecule has 2 nitrogen and oxygen atoms in total. The van der Waals surface area contributed by atoms with Crippen molar-refractivity contribution in [2.24, 2.45) is 0 Å². The van der Waals surface area contributed by atoms with Crippen LogP contribution in [0.3, 0.4) is 0 Å². The Kier molecular flexibility index (Phi) is 3.41. The summed E-state index contributed by atoms with van der Waals surface area (Å²) in [4.78, 5) is 14.3. The number of benzene rings is 1. The minimum atomic E-state index is -0.456. The highest BCUT2D eigenvalue weighted by molar-refractivity contribution is 6.33. The smallest absolute Gasteiger partial charge is 0.157 e. The Morgan fingerprint density at radius 2 is 1.94 bits per heavy atom. The first kappa shape index (κ1) is 13.4. The molecule has 1 saturated heterocycles. The van der Waals surface area contributed by atoms with Crippen LogP contribution in [0.2, 0.25) is 5.02 Å². The van der Waals surface area contributed by atoms with Crippen molar-refractivity contribution in [2.45, 2.75) is 46.1 Å². The van der Waals surface area contributed by atoms with Crippen LogP contribution in [-0.4, -0.2) is 17.9 Å². The second kappa shape index (κ2) is 4.58. The summed E-state index contributed by atoms with van der Waals surface area (Å²) >= 11 is 6.39. The molecule has 0 unspecified atom stereocenters. The van der Waals surface area contributed by atoms with E-state index in [9.17, 15) is 4.79 Å². The number of ketones is 1. The molecule has 0 aliphatic carbocycles.